The topological polar surface area (TPSA) is 38.7 Å². The van der Waals surface area contributed by atoms with Gasteiger partial charge in [0, 0.05) is 26.0 Å². The first kappa shape index (κ1) is 12.3. The van der Waals surface area contributed by atoms with Crippen LogP contribution in [0.15, 0.2) is 18.2 Å². The van der Waals surface area contributed by atoms with Crippen LogP contribution >= 0.6 is 0 Å². The number of rotatable bonds is 2. The Morgan fingerprint density at radius 3 is 2.82 bits per heavy atom. The lowest BCUT2D eigenvalue weighted by Gasteiger charge is -2.39. The minimum absolute atomic E-state index is 0.0640. The predicted octanol–water partition coefficient (Wildman–Crippen LogP) is 2.57. The van der Waals surface area contributed by atoms with Gasteiger partial charge in [0.2, 0.25) is 0 Å². The highest BCUT2D eigenvalue weighted by atomic mass is 19.1. The quantitative estimate of drug-likeness (QED) is 0.863. The molecule has 3 nitrogen and oxygen atoms in total. The molecule has 0 bridgehead atoms. The van der Waals surface area contributed by atoms with Gasteiger partial charge in [0.15, 0.2) is 0 Å². The Bertz CT molecular complexity index is 387. The van der Waals surface area contributed by atoms with Crippen LogP contribution in [0.1, 0.15) is 25.3 Å². The SMILES string of the molecule is COC1(c2cc(O)cc(F)c2)CCOC(C)C1. The molecule has 1 aliphatic heterocycles. The Morgan fingerprint density at radius 1 is 1.47 bits per heavy atom. The summed E-state index contributed by atoms with van der Waals surface area (Å²) in [5.74, 6) is -0.522. The first-order valence-electron chi connectivity index (χ1n) is 5.72. The largest absolute Gasteiger partial charge is 0.508 e. The molecule has 0 spiro atoms. The second-order valence-corrected chi connectivity index (χ2v) is 4.53. The molecule has 1 aromatic rings. The van der Waals surface area contributed by atoms with Gasteiger partial charge in [0.05, 0.1) is 18.3 Å². The van der Waals surface area contributed by atoms with Crippen LogP contribution in [-0.4, -0.2) is 24.9 Å². The van der Waals surface area contributed by atoms with Gasteiger partial charge in [-0.3, -0.25) is 0 Å². The van der Waals surface area contributed by atoms with Crippen LogP contribution in [0.25, 0.3) is 0 Å². The molecule has 1 heterocycles. The molecule has 1 N–H and O–H groups in total. The molecule has 1 fully saturated rings. The molecule has 4 heteroatoms. The number of methoxy groups -OCH3 is 1. The van der Waals surface area contributed by atoms with E-state index in [-0.39, 0.29) is 11.9 Å². The van der Waals surface area contributed by atoms with Crippen LogP contribution in [0.5, 0.6) is 5.75 Å². The van der Waals surface area contributed by atoms with E-state index in [1.165, 1.54) is 6.07 Å². The number of phenols is 1. The van der Waals surface area contributed by atoms with Crippen molar-refractivity contribution in [1.82, 2.24) is 0 Å². The molecular weight excluding hydrogens is 223 g/mol. The van der Waals surface area contributed by atoms with E-state index in [4.69, 9.17) is 9.47 Å². The maximum atomic E-state index is 13.3. The Hall–Kier alpha value is -1.13. The van der Waals surface area contributed by atoms with Crippen LogP contribution in [0.2, 0.25) is 0 Å². The first-order valence-corrected chi connectivity index (χ1v) is 5.72. The van der Waals surface area contributed by atoms with Crippen molar-refractivity contribution < 1.29 is 19.0 Å². The highest BCUT2D eigenvalue weighted by Gasteiger charge is 2.37. The molecule has 0 saturated carbocycles. The van der Waals surface area contributed by atoms with E-state index >= 15 is 0 Å². The zero-order valence-corrected chi connectivity index (χ0v) is 10.1. The smallest absolute Gasteiger partial charge is 0.127 e. The number of hydrogen-bond donors (Lipinski definition) is 1. The molecule has 2 unspecified atom stereocenters. The zero-order chi connectivity index (χ0) is 12.5. The van der Waals surface area contributed by atoms with Crippen molar-refractivity contribution in [2.75, 3.05) is 13.7 Å². The van der Waals surface area contributed by atoms with Gasteiger partial charge in [-0.1, -0.05) is 0 Å². The Morgan fingerprint density at radius 2 is 2.24 bits per heavy atom. The molecule has 2 rings (SSSR count). The molecule has 17 heavy (non-hydrogen) atoms. The first-order chi connectivity index (χ1) is 8.05. The van der Waals surface area contributed by atoms with E-state index in [2.05, 4.69) is 0 Å². The van der Waals surface area contributed by atoms with Crippen LogP contribution in [0, 0.1) is 5.82 Å². The summed E-state index contributed by atoms with van der Waals surface area (Å²) >= 11 is 0. The van der Waals surface area contributed by atoms with Gasteiger partial charge in [-0.25, -0.2) is 4.39 Å². The van der Waals surface area contributed by atoms with Gasteiger partial charge < -0.3 is 14.6 Å². The van der Waals surface area contributed by atoms with Gasteiger partial charge in [-0.2, -0.15) is 0 Å². The van der Waals surface area contributed by atoms with Crippen LogP contribution < -0.4 is 0 Å². The third kappa shape index (κ3) is 2.42. The summed E-state index contributed by atoms with van der Waals surface area (Å²) in [5.41, 5.74) is 0.115. The number of benzene rings is 1. The lowest BCUT2D eigenvalue weighted by atomic mass is 9.83. The molecule has 0 amide bonds. The summed E-state index contributed by atoms with van der Waals surface area (Å²) in [6.45, 7) is 2.54. The zero-order valence-electron chi connectivity index (χ0n) is 10.1. The summed E-state index contributed by atoms with van der Waals surface area (Å²) in [6, 6.07) is 4.07. The minimum atomic E-state index is -0.558. The fourth-order valence-corrected chi connectivity index (χ4v) is 2.45. The molecule has 1 saturated heterocycles. The predicted molar refractivity (Wildman–Crippen MR) is 61.4 cm³/mol. The molecule has 1 aromatic carbocycles. The molecule has 1 aliphatic rings. The van der Waals surface area contributed by atoms with Crippen molar-refractivity contribution in [2.24, 2.45) is 0 Å². The monoisotopic (exact) mass is 240 g/mol. The van der Waals surface area contributed by atoms with E-state index in [1.54, 1.807) is 13.2 Å². The van der Waals surface area contributed by atoms with Crippen LogP contribution in [-0.2, 0) is 15.1 Å². The third-order valence-electron chi connectivity index (χ3n) is 3.32. The maximum absolute atomic E-state index is 13.3. The number of hydrogen-bond acceptors (Lipinski definition) is 3. The number of ether oxygens (including phenoxy) is 2. The molecule has 2 atom stereocenters. The molecule has 0 aliphatic carbocycles. The van der Waals surface area contributed by atoms with E-state index in [0.29, 0.717) is 25.0 Å². The van der Waals surface area contributed by atoms with Crippen LogP contribution in [0.3, 0.4) is 0 Å². The second kappa shape index (κ2) is 4.63. The summed E-state index contributed by atoms with van der Waals surface area (Å²) in [4.78, 5) is 0. The normalized spacial score (nSPS) is 29.2. The fourth-order valence-electron chi connectivity index (χ4n) is 2.45. The molecule has 0 aromatic heterocycles. The molecule has 0 radical (unpaired) electrons. The van der Waals surface area contributed by atoms with E-state index < -0.39 is 11.4 Å². The summed E-state index contributed by atoms with van der Waals surface area (Å²) in [7, 11) is 1.61. The molecule has 94 valence electrons. The van der Waals surface area contributed by atoms with E-state index in [0.717, 1.165) is 6.07 Å². The van der Waals surface area contributed by atoms with Gasteiger partial charge in [0.25, 0.3) is 0 Å². The van der Waals surface area contributed by atoms with Crippen LogP contribution in [0.4, 0.5) is 4.39 Å². The highest BCUT2D eigenvalue weighted by molar-refractivity contribution is 5.33. The van der Waals surface area contributed by atoms with Gasteiger partial charge in [-0.15, -0.1) is 0 Å². The number of phenolic OH excluding ortho intramolecular Hbond substituents is 1. The van der Waals surface area contributed by atoms with Crippen molar-refractivity contribution in [3.05, 3.63) is 29.6 Å². The molecular formula is C13H17FO3. The minimum Gasteiger partial charge on any atom is -0.508 e. The summed E-state index contributed by atoms with van der Waals surface area (Å²) in [5, 5.41) is 9.47. The van der Waals surface area contributed by atoms with Crippen molar-refractivity contribution in [3.63, 3.8) is 0 Å². The highest BCUT2D eigenvalue weighted by Crippen LogP contribution is 2.39. The van der Waals surface area contributed by atoms with Crippen molar-refractivity contribution >= 4 is 0 Å². The van der Waals surface area contributed by atoms with Crippen molar-refractivity contribution in [2.45, 2.75) is 31.5 Å². The summed E-state index contributed by atoms with van der Waals surface area (Å²) < 4.78 is 24.4. The average Bonchev–Trinajstić information content (AvgIpc) is 2.27. The Labute approximate surface area is 100 Å². The number of aromatic hydroxyl groups is 1. The third-order valence-corrected chi connectivity index (χ3v) is 3.32. The lowest BCUT2D eigenvalue weighted by molar-refractivity contribution is -0.122. The Balaban J connectivity index is 2.39. The average molecular weight is 240 g/mol. The van der Waals surface area contributed by atoms with Gasteiger partial charge in [-0.05, 0) is 24.6 Å². The number of halogens is 1. The standard InChI is InChI=1S/C13H17FO3/c1-9-8-13(16-2,3-4-17-9)10-5-11(14)7-12(15)6-10/h5-7,9,15H,3-4,8H2,1-2H3. The Kier molecular flexibility index (Phi) is 3.35. The van der Waals surface area contributed by atoms with Crippen molar-refractivity contribution in [3.8, 4) is 5.75 Å². The van der Waals surface area contributed by atoms with E-state index in [1.807, 2.05) is 6.92 Å². The maximum Gasteiger partial charge on any atom is 0.127 e. The summed E-state index contributed by atoms with van der Waals surface area (Å²) in [6.07, 6.45) is 1.39. The van der Waals surface area contributed by atoms with E-state index in [9.17, 15) is 9.50 Å². The lowest BCUT2D eigenvalue weighted by Crippen LogP contribution is -2.39. The van der Waals surface area contributed by atoms with Gasteiger partial charge in [0.1, 0.15) is 11.6 Å². The fraction of sp³-hybridized carbons (Fsp3) is 0.538. The van der Waals surface area contributed by atoms with Crippen molar-refractivity contribution in [1.29, 1.82) is 0 Å². The van der Waals surface area contributed by atoms with Gasteiger partial charge >= 0.3 is 0 Å². The second-order valence-electron chi connectivity index (χ2n) is 4.53.